The van der Waals surface area contributed by atoms with Crippen molar-refractivity contribution in [2.24, 2.45) is 0 Å². The van der Waals surface area contributed by atoms with Crippen LogP contribution in [-0.2, 0) is 14.8 Å². The van der Waals surface area contributed by atoms with E-state index >= 15 is 0 Å². The molecule has 0 bridgehead atoms. The summed E-state index contributed by atoms with van der Waals surface area (Å²) in [5.74, 6) is 0.0480. The maximum absolute atomic E-state index is 12.5. The average Bonchev–Trinajstić information content (AvgIpc) is 2.61. The lowest BCUT2D eigenvalue weighted by Crippen LogP contribution is -2.33. The Morgan fingerprint density at radius 2 is 1.72 bits per heavy atom. The molecule has 0 heterocycles. The minimum atomic E-state index is -3.95. The number of methoxy groups -OCH3 is 2. The number of carbonyl (C=O) groups is 1. The Bertz CT molecular complexity index is 848. The van der Waals surface area contributed by atoms with Crippen molar-refractivity contribution in [3.8, 4) is 11.5 Å². The first kappa shape index (κ1) is 18.8. The molecular formula is C17H20N2O5S. The fourth-order valence-electron chi connectivity index (χ4n) is 2.07. The Morgan fingerprint density at radius 1 is 1.04 bits per heavy atom. The molecule has 1 amide bonds. The van der Waals surface area contributed by atoms with Crippen LogP contribution in [0.4, 0.5) is 5.69 Å². The molecule has 0 aliphatic rings. The predicted molar refractivity (Wildman–Crippen MR) is 94.5 cm³/mol. The van der Waals surface area contributed by atoms with Crippen LogP contribution in [0.3, 0.4) is 0 Å². The molecule has 0 aliphatic carbocycles. The Balaban J connectivity index is 2.08. The summed E-state index contributed by atoms with van der Waals surface area (Å²) < 4.78 is 37.3. The summed E-state index contributed by atoms with van der Waals surface area (Å²) in [6.45, 7) is 1.53. The summed E-state index contributed by atoms with van der Waals surface area (Å²) in [5.41, 5.74) is 1.65. The Kier molecular flexibility index (Phi) is 6.00. The van der Waals surface area contributed by atoms with Crippen LogP contribution < -0.4 is 19.5 Å². The van der Waals surface area contributed by atoms with Crippen LogP contribution >= 0.6 is 0 Å². The highest BCUT2D eigenvalue weighted by atomic mass is 32.2. The summed E-state index contributed by atoms with van der Waals surface area (Å²) in [7, 11) is -1.15. The number of rotatable bonds is 7. The van der Waals surface area contributed by atoms with Crippen LogP contribution in [0, 0.1) is 6.92 Å². The minimum absolute atomic E-state index is 0.0996. The first-order valence-electron chi connectivity index (χ1n) is 7.44. The molecule has 2 rings (SSSR count). The Labute approximate surface area is 147 Å². The Morgan fingerprint density at radius 3 is 2.32 bits per heavy atom. The molecule has 8 heteroatoms. The summed E-state index contributed by atoms with van der Waals surface area (Å²) in [4.78, 5) is 11.9. The molecule has 0 fully saturated rings. The van der Waals surface area contributed by atoms with Gasteiger partial charge in [0.2, 0.25) is 15.9 Å². The van der Waals surface area contributed by atoms with E-state index in [2.05, 4.69) is 10.0 Å². The van der Waals surface area contributed by atoms with Gasteiger partial charge in [0.25, 0.3) is 0 Å². The Hall–Kier alpha value is -2.58. The molecule has 0 aliphatic heterocycles. The fraction of sp³-hybridized carbons (Fsp3) is 0.235. The number of amides is 1. The van der Waals surface area contributed by atoms with Gasteiger partial charge < -0.3 is 14.8 Å². The van der Waals surface area contributed by atoms with Gasteiger partial charge in [-0.3, -0.25) is 4.79 Å². The van der Waals surface area contributed by atoms with Crippen molar-refractivity contribution in [2.75, 3.05) is 26.1 Å². The maximum Gasteiger partial charge on any atom is 0.244 e. The largest absolute Gasteiger partial charge is 0.497 e. The van der Waals surface area contributed by atoms with Crippen molar-refractivity contribution < 1.29 is 22.7 Å². The van der Waals surface area contributed by atoms with Crippen molar-refractivity contribution in [1.82, 2.24) is 4.72 Å². The highest BCUT2D eigenvalue weighted by molar-refractivity contribution is 7.89. The van der Waals surface area contributed by atoms with E-state index in [1.165, 1.54) is 26.4 Å². The molecule has 0 atom stereocenters. The van der Waals surface area contributed by atoms with Gasteiger partial charge in [0.05, 0.1) is 20.8 Å². The van der Waals surface area contributed by atoms with Gasteiger partial charge in [0.1, 0.15) is 16.4 Å². The molecule has 0 saturated heterocycles. The molecule has 2 aromatic rings. The summed E-state index contributed by atoms with van der Waals surface area (Å²) in [6.07, 6.45) is 0. The van der Waals surface area contributed by atoms with Gasteiger partial charge in [0.15, 0.2) is 0 Å². The average molecular weight is 364 g/mol. The lowest BCUT2D eigenvalue weighted by atomic mass is 10.2. The third kappa shape index (κ3) is 4.94. The van der Waals surface area contributed by atoms with Gasteiger partial charge in [-0.2, -0.15) is 0 Å². The first-order valence-corrected chi connectivity index (χ1v) is 8.92. The molecule has 7 nitrogen and oxygen atoms in total. The van der Waals surface area contributed by atoms with E-state index in [-0.39, 0.29) is 10.6 Å². The number of ether oxygens (including phenoxy) is 2. The number of hydrogen-bond acceptors (Lipinski definition) is 5. The number of benzene rings is 2. The van der Waals surface area contributed by atoms with Crippen molar-refractivity contribution >= 4 is 21.6 Å². The third-order valence-corrected chi connectivity index (χ3v) is 4.84. The van der Waals surface area contributed by atoms with E-state index in [1.807, 2.05) is 19.1 Å². The number of sulfonamides is 1. The van der Waals surface area contributed by atoms with Crippen LogP contribution in [0.25, 0.3) is 0 Å². The molecule has 0 spiro atoms. The normalized spacial score (nSPS) is 11.0. The van der Waals surface area contributed by atoms with Crippen LogP contribution in [0.2, 0.25) is 0 Å². The standard InChI is InChI=1S/C17H20N2O5S/c1-12-4-6-13(7-5-12)19-17(20)11-18-25(21,22)16-10-14(23-2)8-9-15(16)24-3/h4-10,18H,11H2,1-3H3,(H,19,20). The minimum Gasteiger partial charge on any atom is -0.497 e. The van der Waals surface area contributed by atoms with Gasteiger partial charge in [-0.25, -0.2) is 13.1 Å². The van der Waals surface area contributed by atoms with Gasteiger partial charge in [-0.1, -0.05) is 17.7 Å². The zero-order valence-corrected chi connectivity index (χ0v) is 15.0. The van der Waals surface area contributed by atoms with E-state index in [0.29, 0.717) is 11.4 Å². The first-order chi connectivity index (χ1) is 11.9. The third-order valence-electron chi connectivity index (χ3n) is 3.42. The maximum atomic E-state index is 12.5. The van der Waals surface area contributed by atoms with Crippen LogP contribution in [0.5, 0.6) is 11.5 Å². The fourth-order valence-corrected chi connectivity index (χ4v) is 3.24. The van der Waals surface area contributed by atoms with E-state index in [1.54, 1.807) is 18.2 Å². The van der Waals surface area contributed by atoms with E-state index < -0.39 is 22.5 Å². The zero-order chi connectivity index (χ0) is 18.4. The topological polar surface area (TPSA) is 93.7 Å². The quantitative estimate of drug-likeness (QED) is 0.783. The summed E-state index contributed by atoms with van der Waals surface area (Å²) >= 11 is 0. The van der Waals surface area contributed by atoms with Crippen molar-refractivity contribution in [1.29, 1.82) is 0 Å². The second kappa shape index (κ2) is 8.00. The van der Waals surface area contributed by atoms with E-state index in [0.717, 1.165) is 5.56 Å². The second-order valence-corrected chi connectivity index (χ2v) is 6.99. The molecule has 0 radical (unpaired) electrons. The van der Waals surface area contributed by atoms with Gasteiger partial charge in [-0.05, 0) is 31.2 Å². The van der Waals surface area contributed by atoms with E-state index in [4.69, 9.17) is 9.47 Å². The molecule has 134 valence electrons. The van der Waals surface area contributed by atoms with Crippen LogP contribution in [0.1, 0.15) is 5.56 Å². The van der Waals surface area contributed by atoms with E-state index in [9.17, 15) is 13.2 Å². The highest BCUT2D eigenvalue weighted by Crippen LogP contribution is 2.27. The molecular weight excluding hydrogens is 344 g/mol. The number of carbonyl (C=O) groups excluding carboxylic acids is 1. The number of anilines is 1. The van der Waals surface area contributed by atoms with Crippen LogP contribution in [0.15, 0.2) is 47.4 Å². The second-order valence-electron chi connectivity index (χ2n) is 5.26. The van der Waals surface area contributed by atoms with Gasteiger partial charge >= 0.3 is 0 Å². The lowest BCUT2D eigenvalue weighted by Gasteiger charge is -2.12. The highest BCUT2D eigenvalue weighted by Gasteiger charge is 2.21. The smallest absolute Gasteiger partial charge is 0.244 e. The predicted octanol–water partition coefficient (Wildman–Crippen LogP) is 1.93. The number of nitrogens with one attached hydrogen (secondary N) is 2. The van der Waals surface area contributed by atoms with Crippen molar-refractivity contribution in [3.63, 3.8) is 0 Å². The molecule has 0 unspecified atom stereocenters. The van der Waals surface area contributed by atoms with Crippen molar-refractivity contribution in [3.05, 3.63) is 48.0 Å². The number of hydrogen-bond donors (Lipinski definition) is 2. The number of aryl methyl sites for hydroxylation is 1. The molecule has 0 saturated carbocycles. The van der Waals surface area contributed by atoms with Crippen molar-refractivity contribution in [2.45, 2.75) is 11.8 Å². The zero-order valence-electron chi connectivity index (χ0n) is 14.2. The van der Waals surface area contributed by atoms with Gasteiger partial charge in [-0.15, -0.1) is 0 Å². The molecule has 2 N–H and O–H groups in total. The SMILES string of the molecule is COc1ccc(OC)c(S(=O)(=O)NCC(=O)Nc2ccc(C)cc2)c1. The lowest BCUT2D eigenvalue weighted by molar-refractivity contribution is -0.115. The summed E-state index contributed by atoms with van der Waals surface area (Å²) in [5, 5.41) is 2.62. The molecule has 25 heavy (non-hydrogen) atoms. The van der Waals surface area contributed by atoms with Gasteiger partial charge in [0, 0.05) is 11.8 Å². The monoisotopic (exact) mass is 364 g/mol. The molecule has 0 aromatic heterocycles. The molecule has 2 aromatic carbocycles. The summed E-state index contributed by atoms with van der Waals surface area (Å²) in [6, 6.07) is 11.6. The van der Waals surface area contributed by atoms with Crippen LogP contribution in [-0.4, -0.2) is 35.1 Å².